The number of fused-ring (bicyclic) bond motifs is 3. The van der Waals surface area contributed by atoms with Gasteiger partial charge in [-0.2, -0.15) is 0 Å². The van der Waals surface area contributed by atoms with Gasteiger partial charge in [-0.3, -0.25) is 0 Å². The Morgan fingerprint density at radius 1 is 0.500 bits per heavy atom. The Bertz CT molecular complexity index is 1250. The highest BCUT2D eigenvalue weighted by Gasteiger charge is 2.38. The molecule has 2 heteroatoms. The van der Waals surface area contributed by atoms with Crippen LogP contribution in [-0.2, 0) is 27.1 Å². The molecule has 0 amide bonds. The first-order valence-electron chi connectivity index (χ1n) is 12.9. The predicted octanol–water partition coefficient (Wildman–Crippen LogP) is 9.31. The van der Waals surface area contributed by atoms with E-state index in [-0.39, 0.29) is 27.1 Å². The third-order valence-corrected chi connectivity index (χ3v) is 7.64. The molecular weight excluding hydrogens is 429 g/mol. The van der Waals surface area contributed by atoms with Crippen LogP contribution in [-0.4, -0.2) is 4.98 Å². The summed E-state index contributed by atoms with van der Waals surface area (Å²) in [6, 6.07) is 4.70. The highest BCUT2D eigenvalue weighted by atomic mass is 31.0. The monoisotopic (exact) mass is 479 g/mol. The van der Waals surface area contributed by atoms with Gasteiger partial charge in [-0.1, -0.05) is 110 Å². The van der Waals surface area contributed by atoms with Crippen LogP contribution < -0.4 is 5.30 Å². The van der Waals surface area contributed by atoms with Gasteiger partial charge in [-0.15, -0.1) is 9.24 Å². The van der Waals surface area contributed by atoms with Crippen molar-refractivity contribution in [2.75, 3.05) is 0 Å². The Morgan fingerprint density at radius 3 is 1.32 bits per heavy atom. The summed E-state index contributed by atoms with van der Waals surface area (Å²) in [6.45, 7) is 35.6. The zero-order valence-electron chi connectivity index (χ0n) is 24.7. The van der Waals surface area contributed by atoms with Crippen molar-refractivity contribution < 1.29 is 0 Å². The summed E-state index contributed by atoms with van der Waals surface area (Å²) >= 11 is 0. The molecule has 1 N–H and O–H groups in total. The van der Waals surface area contributed by atoms with Crippen molar-refractivity contribution in [3.63, 3.8) is 0 Å². The van der Waals surface area contributed by atoms with E-state index in [9.17, 15) is 0 Å². The average molecular weight is 480 g/mol. The molecule has 1 unspecified atom stereocenters. The maximum absolute atomic E-state index is 3.92. The molecule has 0 spiro atoms. The highest BCUT2D eigenvalue weighted by molar-refractivity contribution is 7.28. The normalized spacial score (nSPS) is 14.5. The van der Waals surface area contributed by atoms with Crippen LogP contribution in [0.2, 0.25) is 0 Å². The number of hydrogen-bond donors (Lipinski definition) is 1. The molecule has 0 bridgehead atoms. The van der Waals surface area contributed by atoms with Crippen LogP contribution in [0, 0.1) is 0 Å². The van der Waals surface area contributed by atoms with Gasteiger partial charge >= 0.3 is 0 Å². The maximum atomic E-state index is 3.92. The van der Waals surface area contributed by atoms with Gasteiger partial charge in [0.2, 0.25) is 0 Å². The number of aromatic amines is 1. The summed E-state index contributed by atoms with van der Waals surface area (Å²) in [5.74, 6) is 0. The van der Waals surface area contributed by atoms with Gasteiger partial charge in [-0.05, 0) is 66.3 Å². The molecule has 0 fully saturated rings. The zero-order valence-corrected chi connectivity index (χ0v) is 25.9. The lowest BCUT2D eigenvalue weighted by Crippen LogP contribution is -2.32. The molecule has 3 aromatic rings. The van der Waals surface area contributed by atoms with Gasteiger partial charge in [0.05, 0.1) is 5.52 Å². The van der Waals surface area contributed by atoms with E-state index in [1.165, 1.54) is 54.9 Å². The van der Waals surface area contributed by atoms with E-state index < -0.39 is 0 Å². The minimum atomic E-state index is 0.00124. The van der Waals surface area contributed by atoms with Crippen LogP contribution >= 0.6 is 9.24 Å². The maximum Gasteiger partial charge on any atom is 0.0543 e. The molecular formula is C32H50NP. The highest BCUT2D eigenvalue weighted by Crippen LogP contribution is 2.49. The minimum Gasteiger partial charge on any atom is -0.354 e. The number of aromatic nitrogens is 1. The molecule has 0 radical (unpaired) electrons. The summed E-state index contributed by atoms with van der Waals surface area (Å²) in [5.41, 5.74) is 10.2. The number of benzene rings is 2. The SMILES string of the molecule is CC(C)(C)c1ccc2[nH]c3c(P)c(C(C)(C)C)c(C(C)(C)C)c(C(C)(C)C)c3c2c1C(C)(C)C. The first-order valence-corrected chi connectivity index (χ1v) is 13.5. The number of hydrogen-bond acceptors (Lipinski definition) is 0. The van der Waals surface area contributed by atoms with E-state index in [0.717, 1.165) is 0 Å². The Kier molecular flexibility index (Phi) is 6.28. The lowest BCUT2D eigenvalue weighted by molar-refractivity contribution is 0.503. The van der Waals surface area contributed by atoms with Crippen LogP contribution in [0.15, 0.2) is 12.1 Å². The van der Waals surface area contributed by atoms with Gasteiger partial charge in [-0.25, -0.2) is 0 Å². The summed E-state index contributed by atoms with van der Waals surface area (Å²) in [7, 11) is 3.15. The summed E-state index contributed by atoms with van der Waals surface area (Å²) in [6.07, 6.45) is 0. The van der Waals surface area contributed by atoms with Gasteiger partial charge in [0.15, 0.2) is 0 Å². The van der Waals surface area contributed by atoms with Crippen molar-refractivity contribution in [1.29, 1.82) is 0 Å². The lowest BCUT2D eigenvalue weighted by atomic mass is 9.66. The quantitative estimate of drug-likeness (QED) is 0.309. The Morgan fingerprint density at radius 2 is 0.941 bits per heavy atom. The number of nitrogens with one attached hydrogen (secondary N) is 1. The lowest BCUT2D eigenvalue weighted by Gasteiger charge is -2.38. The van der Waals surface area contributed by atoms with Gasteiger partial charge < -0.3 is 4.98 Å². The minimum absolute atomic E-state index is 0.00124. The van der Waals surface area contributed by atoms with Crippen LogP contribution in [0.4, 0.5) is 0 Å². The Hall–Kier alpha value is -1.33. The fourth-order valence-corrected chi connectivity index (χ4v) is 6.73. The fourth-order valence-electron chi connectivity index (χ4n) is 5.93. The van der Waals surface area contributed by atoms with E-state index in [4.69, 9.17) is 0 Å². The van der Waals surface area contributed by atoms with Crippen molar-refractivity contribution in [1.82, 2.24) is 4.98 Å². The van der Waals surface area contributed by atoms with E-state index in [0.29, 0.717) is 0 Å². The second-order valence-electron chi connectivity index (χ2n) is 15.6. The van der Waals surface area contributed by atoms with E-state index >= 15 is 0 Å². The zero-order chi connectivity index (χ0) is 26.4. The van der Waals surface area contributed by atoms with Crippen molar-refractivity contribution in [2.24, 2.45) is 0 Å². The topological polar surface area (TPSA) is 15.8 Å². The third kappa shape index (κ3) is 4.48. The molecule has 34 heavy (non-hydrogen) atoms. The largest absolute Gasteiger partial charge is 0.354 e. The summed E-state index contributed by atoms with van der Waals surface area (Å²) in [4.78, 5) is 3.92. The first kappa shape index (κ1) is 27.3. The molecule has 1 atom stereocenters. The summed E-state index contributed by atoms with van der Waals surface area (Å²) in [5, 5.41) is 4.18. The molecule has 2 aromatic carbocycles. The van der Waals surface area contributed by atoms with Crippen LogP contribution in [0.5, 0.6) is 0 Å². The van der Waals surface area contributed by atoms with Crippen molar-refractivity contribution in [3.8, 4) is 0 Å². The van der Waals surface area contributed by atoms with E-state index in [2.05, 4.69) is 130 Å². The van der Waals surface area contributed by atoms with Crippen LogP contribution in [0.3, 0.4) is 0 Å². The van der Waals surface area contributed by atoms with Crippen molar-refractivity contribution in [2.45, 2.75) is 131 Å². The van der Waals surface area contributed by atoms with Crippen molar-refractivity contribution >= 4 is 36.4 Å². The average Bonchev–Trinajstić information content (AvgIpc) is 2.95. The fraction of sp³-hybridized carbons (Fsp3) is 0.625. The molecule has 0 saturated carbocycles. The van der Waals surface area contributed by atoms with E-state index in [1.807, 2.05) is 0 Å². The Labute approximate surface area is 212 Å². The summed E-state index contributed by atoms with van der Waals surface area (Å²) < 4.78 is 0. The van der Waals surface area contributed by atoms with E-state index in [1.54, 1.807) is 0 Å². The van der Waals surface area contributed by atoms with Gasteiger partial charge in [0, 0.05) is 16.3 Å². The molecule has 1 heterocycles. The number of rotatable bonds is 0. The molecule has 0 aliphatic carbocycles. The Balaban J connectivity index is 2.87. The van der Waals surface area contributed by atoms with Gasteiger partial charge in [0.25, 0.3) is 0 Å². The predicted molar refractivity (Wildman–Crippen MR) is 159 cm³/mol. The van der Waals surface area contributed by atoms with Gasteiger partial charge in [0.1, 0.15) is 0 Å². The molecule has 0 aliphatic heterocycles. The first-order chi connectivity index (χ1) is 15.0. The van der Waals surface area contributed by atoms with Crippen molar-refractivity contribution in [3.05, 3.63) is 39.9 Å². The molecule has 0 aliphatic rings. The smallest absolute Gasteiger partial charge is 0.0543 e. The molecule has 3 rings (SSSR count). The number of H-pyrrole nitrogens is 1. The standard InChI is InChI=1S/C32H50NP/c1-28(2,3)18-16-17-19-20(22(18)29(4,5)6)21-23(30(7,8)9)24(31(10,11)12)25(32(13,14)15)27(34)26(21)33-19/h16-17,33H,34H2,1-15H3. The van der Waals surface area contributed by atoms with Crippen LogP contribution in [0.1, 0.15) is 132 Å². The van der Waals surface area contributed by atoms with Crippen LogP contribution in [0.25, 0.3) is 21.8 Å². The molecule has 1 aromatic heterocycles. The molecule has 1 nitrogen and oxygen atoms in total. The molecule has 0 saturated heterocycles. The molecule has 188 valence electrons. The second-order valence-corrected chi connectivity index (χ2v) is 16.2. The third-order valence-electron chi connectivity index (χ3n) is 7.06. The second kappa shape index (κ2) is 7.83.